The maximum Gasteiger partial charge on any atom is 0.136 e. The van der Waals surface area contributed by atoms with Crippen molar-refractivity contribution in [2.24, 2.45) is 17.3 Å². The Morgan fingerprint density at radius 1 is 1.47 bits per heavy atom. The molecular formula is C14H22O. The molecule has 0 aromatic heterocycles. The summed E-state index contributed by atoms with van der Waals surface area (Å²) in [6.45, 7) is 6.20. The summed E-state index contributed by atoms with van der Waals surface area (Å²) in [4.78, 5) is 11.8. The van der Waals surface area contributed by atoms with Crippen molar-refractivity contribution in [2.75, 3.05) is 0 Å². The highest BCUT2D eigenvalue weighted by Crippen LogP contribution is 2.49. The smallest absolute Gasteiger partial charge is 0.136 e. The third-order valence-corrected chi connectivity index (χ3v) is 4.91. The predicted molar refractivity (Wildman–Crippen MR) is 62.6 cm³/mol. The number of hydrogen-bond acceptors (Lipinski definition) is 1. The minimum absolute atomic E-state index is 0.0918. The fourth-order valence-electron chi connectivity index (χ4n) is 3.33. The van der Waals surface area contributed by atoms with Crippen LogP contribution in [-0.2, 0) is 4.79 Å². The van der Waals surface area contributed by atoms with Crippen molar-refractivity contribution < 1.29 is 4.79 Å². The molecule has 0 unspecified atom stereocenters. The van der Waals surface area contributed by atoms with Crippen LogP contribution in [0.1, 0.15) is 52.9 Å². The number of fused-ring (bicyclic) bond motifs is 1. The van der Waals surface area contributed by atoms with Crippen molar-refractivity contribution in [3.63, 3.8) is 0 Å². The number of allylic oxidation sites excluding steroid dienone is 2. The summed E-state index contributed by atoms with van der Waals surface area (Å²) in [6.07, 6.45) is 8.62. The fourth-order valence-corrected chi connectivity index (χ4v) is 3.33. The lowest BCUT2D eigenvalue weighted by Gasteiger charge is -2.44. The van der Waals surface area contributed by atoms with E-state index in [1.165, 1.54) is 25.7 Å². The van der Waals surface area contributed by atoms with Crippen molar-refractivity contribution in [3.8, 4) is 0 Å². The Labute approximate surface area is 92.9 Å². The maximum atomic E-state index is 11.8. The Morgan fingerprint density at radius 3 is 2.87 bits per heavy atom. The van der Waals surface area contributed by atoms with Crippen molar-refractivity contribution in [1.82, 2.24) is 0 Å². The van der Waals surface area contributed by atoms with E-state index in [0.29, 0.717) is 17.6 Å². The second-order valence-electron chi connectivity index (χ2n) is 5.60. The van der Waals surface area contributed by atoms with E-state index in [2.05, 4.69) is 19.9 Å². The first-order valence-electron chi connectivity index (χ1n) is 6.25. The van der Waals surface area contributed by atoms with E-state index < -0.39 is 0 Å². The zero-order valence-electron chi connectivity index (χ0n) is 10.2. The lowest BCUT2D eigenvalue weighted by molar-refractivity contribution is -0.129. The van der Waals surface area contributed by atoms with E-state index in [-0.39, 0.29) is 5.41 Å². The largest absolute Gasteiger partial charge is 0.299 e. The molecule has 0 radical (unpaired) electrons. The van der Waals surface area contributed by atoms with Crippen LogP contribution >= 0.6 is 0 Å². The molecular weight excluding hydrogens is 184 g/mol. The Kier molecular flexibility index (Phi) is 2.74. The van der Waals surface area contributed by atoms with Gasteiger partial charge in [0.25, 0.3) is 0 Å². The van der Waals surface area contributed by atoms with Gasteiger partial charge in [0.2, 0.25) is 0 Å². The summed E-state index contributed by atoms with van der Waals surface area (Å²) < 4.78 is 0. The number of ketones is 1. The molecule has 1 heteroatoms. The van der Waals surface area contributed by atoms with E-state index in [4.69, 9.17) is 0 Å². The molecule has 0 aliphatic heterocycles. The second kappa shape index (κ2) is 3.77. The topological polar surface area (TPSA) is 17.1 Å². The Hall–Kier alpha value is -0.590. The van der Waals surface area contributed by atoms with E-state index in [1.807, 2.05) is 0 Å². The van der Waals surface area contributed by atoms with Gasteiger partial charge in [0, 0.05) is 5.41 Å². The molecule has 0 amide bonds. The number of rotatable bonds is 1. The average Bonchev–Trinajstić information content (AvgIpc) is 2.24. The van der Waals surface area contributed by atoms with Crippen molar-refractivity contribution >= 4 is 5.78 Å². The molecule has 2 aliphatic rings. The first-order valence-corrected chi connectivity index (χ1v) is 6.25. The highest BCUT2D eigenvalue weighted by molar-refractivity contribution is 5.82. The van der Waals surface area contributed by atoms with Gasteiger partial charge in [-0.1, -0.05) is 31.9 Å². The molecule has 0 aromatic carbocycles. The van der Waals surface area contributed by atoms with E-state index in [1.54, 1.807) is 12.5 Å². The number of carbonyl (C=O) groups is 1. The van der Waals surface area contributed by atoms with Gasteiger partial charge in [-0.2, -0.15) is 0 Å². The SMILES string of the molecule is CC(=O)[C@]1(C)CC=C2CCCC[C@@H]2[C@H]1C. The summed E-state index contributed by atoms with van der Waals surface area (Å²) in [7, 11) is 0. The van der Waals surface area contributed by atoms with Gasteiger partial charge < -0.3 is 0 Å². The first kappa shape index (κ1) is 10.9. The van der Waals surface area contributed by atoms with E-state index in [0.717, 1.165) is 6.42 Å². The third kappa shape index (κ3) is 1.66. The summed E-state index contributed by atoms with van der Waals surface area (Å²) in [5.74, 6) is 1.60. The molecule has 84 valence electrons. The van der Waals surface area contributed by atoms with Crippen LogP contribution < -0.4 is 0 Å². The summed E-state index contributed by atoms with van der Waals surface area (Å²) in [6, 6.07) is 0. The van der Waals surface area contributed by atoms with Crippen LogP contribution in [0.25, 0.3) is 0 Å². The van der Waals surface area contributed by atoms with Crippen LogP contribution in [0.2, 0.25) is 0 Å². The first-order chi connectivity index (χ1) is 7.05. The Morgan fingerprint density at radius 2 is 2.20 bits per heavy atom. The quantitative estimate of drug-likeness (QED) is 0.597. The number of Topliss-reactive ketones (excluding diaryl/α,β-unsaturated/α-hetero) is 1. The average molecular weight is 206 g/mol. The van der Waals surface area contributed by atoms with Gasteiger partial charge in [0.1, 0.15) is 5.78 Å². The number of hydrogen-bond donors (Lipinski definition) is 0. The van der Waals surface area contributed by atoms with Crippen LogP contribution in [0.4, 0.5) is 0 Å². The molecule has 0 N–H and O–H groups in total. The Balaban J connectivity index is 2.28. The minimum Gasteiger partial charge on any atom is -0.299 e. The number of carbonyl (C=O) groups excluding carboxylic acids is 1. The molecule has 2 aliphatic carbocycles. The van der Waals surface area contributed by atoms with Gasteiger partial charge in [-0.3, -0.25) is 4.79 Å². The fraction of sp³-hybridized carbons (Fsp3) is 0.786. The van der Waals surface area contributed by atoms with Crippen molar-refractivity contribution in [2.45, 2.75) is 52.9 Å². The molecule has 0 bridgehead atoms. The standard InChI is InChI=1S/C14H22O/c1-10-13-7-5-4-6-12(13)8-9-14(10,3)11(2)15/h8,10,13H,4-7,9H2,1-3H3/t10-,13-,14-/m1/s1. The van der Waals surface area contributed by atoms with Crippen LogP contribution in [0.5, 0.6) is 0 Å². The lowest BCUT2D eigenvalue weighted by atomic mass is 9.59. The predicted octanol–water partition coefficient (Wildman–Crippen LogP) is 3.74. The Bertz CT molecular complexity index is 302. The van der Waals surface area contributed by atoms with Gasteiger partial charge in [-0.15, -0.1) is 0 Å². The molecule has 3 atom stereocenters. The molecule has 0 saturated heterocycles. The summed E-state index contributed by atoms with van der Waals surface area (Å²) in [5, 5.41) is 0. The van der Waals surface area contributed by atoms with Gasteiger partial charge in [-0.05, 0) is 44.4 Å². The highest BCUT2D eigenvalue weighted by atomic mass is 16.1. The monoisotopic (exact) mass is 206 g/mol. The van der Waals surface area contributed by atoms with Crippen LogP contribution in [0.3, 0.4) is 0 Å². The summed E-state index contributed by atoms with van der Waals surface area (Å²) in [5.41, 5.74) is 1.55. The minimum atomic E-state index is -0.0918. The molecule has 2 rings (SSSR count). The third-order valence-electron chi connectivity index (χ3n) is 4.91. The van der Waals surface area contributed by atoms with Crippen molar-refractivity contribution in [3.05, 3.63) is 11.6 Å². The highest BCUT2D eigenvalue weighted by Gasteiger charge is 2.43. The van der Waals surface area contributed by atoms with Gasteiger partial charge >= 0.3 is 0 Å². The normalized spacial score (nSPS) is 40.6. The molecule has 0 spiro atoms. The second-order valence-corrected chi connectivity index (χ2v) is 5.60. The summed E-state index contributed by atoms with van der Waals surface area (Å²) >= 11 is 0. The zero-order valence-corrected chi connectivity index (χ0v) is 10.2. The van der Waals surface area contributed by atoms with E-state index in [9.17, 15) is 4.79 Å². The zero-order chi connectivity index (χ0) is 11.1. The molecule has 1 saturated carbocycles. The van der Waals surface area contributed by atoms with Gasteiger partial charge in [-0.25, -0.2) is 0 Å². The maximum absolute atomic E-state index is 11.8. The molecule has 15 heavy (non-hydrogen) atoms. The molecule has 0 aromatic rings. The van der Waals surface area contributed by atoms with Crippen LogP contribution in [0.15, 0.2) is 11.6 Å². The molecule has 0 heterocycles. The van der Waals surface area contributed by atoms with Gasteiger partial charge in [0.15, 0.2) is 0 Å². The molecule has 1 nitrogen and oxygen atoms in total. The van der Waals surface area contributed by atoms with Gasteiger partial charge in [0.05, 0.1) is 0 Å². The van der Waals surface area contributed by atoms with Crippen molar-refractivity contribution in [1.29, 1.82) is 0 Å². The van der Waals surface area contributed by atoms with E-state index >= 15 is 0 Å². The lowest BCUT2D eigenvalue weighted by Crippen LogP contribution is -2.40. The molecule has 1 fully saturated rings. The van der Waals surface area contributed by atoms with Crippen LogP contribution in [0, 0.1) is 17.3 Å². The van der Waals surface area contributed by atoms with Crippen LogP contribution in [-0.4, -0.2) is 5.78 Å².